The number of sulfonamides is 1. The van der Waals surface area contributed by atoms with Gasteiger partial charge in [0.05, 0.1) is 19.1 Å². The molecule has 11 heteroatoms. The number of hydrogen-bond acceptors (Lipinski definition) is 7. The van der Waals surface area contributed by atoms with Crippen LogP contribution in [-0.4, -0.2) is 59.7 Å². The molecule has 0 aliphatic carbocycles. The number of hydrogen-bond donors (Lipinski definition) is 0. The van der Waals surface area contributed by atoms with Crippen LogP contribution in [0.15, 0.2) is 61.2 Å². The van der Waals surface area contributed by atoms with Gasteiger partial charge in [-0.2, -0.15) is 4.31 Å². The zero-order chi connectivity index (χ0) is 26.9. The van der Waals surface area contributed by atoms with E-state index in [1.807, 2.05) is 46.7 Å². The lowest BCUT2D eigenvalue weighted by Crippen LogP contribution is -2.45. The minimum atomic E-state index is -3.67. The normalized spacial score (nSPS) is 25.7. The highest BCUT2D eigenvalue weighted by atomic mass is 32.2. The van der Waals surface area contributed by atoms with Crippen molar-refractivity contribution in [2.75, 3.05) is 25.1 Å². The van der Waals surface area contributed by atoms with Crippen LogP contribution in [0.1, 0.15) is 48.6 Å². The van der Waals surface area contributed by atoms with Gasteiger partial charge >= 0.3 is 5.97 Å². The van der Waals surface area contributed by atoms with Gasteiger partial charge in [-0.1, -0.05) is 36.4 Å². The molecule has 0 N–H and O–H groups in total. The number of ether oxygens (including phenoxy) is 1. The number of carbonyl (C=O) groups excluding carboxylic acids is 1. The highest BCUT2D eigenvalue weighted by Crippen LogP contribution is 2.39. The molecule has 4 atom stereocenters. The standard InChI is InChI=1S/C27H32FN5O4S/c1-19-8-11-26(20-6-4-3-5-7-20)38(35,36)33(19)15-21-9-10-22(14-24(21)28)31-13-12-25(32-17-29-30-18-32)23(16-31)27(34)37-2/h3-7,9-10,14,17-19,23,25-26H,8,11-13,15-16H2,1-2H3. The number of methoxy groups -OCH3 is 1. The molecular formula is C27H32FN5O4S. The second kappa shape index (κ2) is 10.8. The van der Waals surface area contributed by atoms with Crippen LogP contribution in [0.25, 0.3) is 0 Å². The van der Waals surface area contributed by atoms with Crippen molar-refractivity contribution in [1.82, 2.24) is 19.1 Å². The maximum atomic E-state index is 15.4. The Kier molecular flexibility index (Phi) is 7.49. The lowest BCUT2D eigenvalue weighted by Gasteiger charge is -2.39. The summed E-state index contributed by atoms with van der Waals surface area (Å²) < 4.78 is 50.8. The summed E-state index contributed by atoms with van der Waals surface area (Å²) >= 11 is 0. The Morgan fingerprint density at radius 1 is 1.08 bits per heavy atom. The van der Waals surface area contributed by atoms with Crippen LogP contribution in [0, 0.1) is 11.7 Å². The summed E-state index contributed by atoms with van der Waals surface area (Å²) in [6.07, 6.45) is 5.05. The molecule has 0 radical (unpaired) electrons. The van der Waals surface area contributed by atoms with E-state index in [1.165, 1.54) is 17.5 Å². The van der Waals surface area contributed by atoms with Gasteiger partial charge in [-0.05, 0) is 43.9 Å². The molecule has 5 rings (SSSR count). The Balaban J connectivity index is 1.34. The predicted octanol–water partition coefficient (Wildman–Crippen LogP) is 3.71. The van der Waals surface area contributed by atoms with Crippen LogP contribution in [0.3, 0.4) is 0 Å². The molecule has 0 amide bonds. The Hall–Kier alpha value is -3.31. The van der Waals surface area contributed by atoms with Gasteiger partial charge in [-0.25, -0.2) is 12.8 Å². The van der Waals surface area contributed by atoms with E-state index in [0.717, 1.165) is 5.56 Å². The third kappa shape index (κ3) is 5.04. The molecule has 3 aromatic rings. The van der Waals surface area contributed by atoms with Crippen molar-refractivity contribution < 1.29 is 22.3 Å². The Morgan fingerprint density at radius 3 is 2.50 bits per heavy atom. The smallest absolute Gasteiger partial charge is 0.312 e. The monoisotopic (exact) mass is 541 g/mol. The van der Waals surface area contributed by atoms with Crippen LogP contribution in [0.4, 0.5) is 10.1 Å². The summed E-state index contributed by atoms with van der Waals surface area (Å²) in [4.78, 5) is 14.5. The van der Waals surface area contributed by atoms with Crippen LogP contribution in [0.2, 0.25) is 0 Å². The minimum Gasteiger partial charge on any atom is -0.469 e. The summed E-state index contributed by atoms with van der Waals surface area (Å²) in [6.45, 7) is 2.80. The van der Waals surface area contributed by atoms with Crippen LogP contribution >= 0.6 is 0 Å². The van der Waals surface area contributed by atoms with E-state index in [4.69, 9.17) is 4.74 Å². The molecule has 2 aromatic carbocycles. The van der Waals surface area contributed by atoms with E-state index in [9.17, 15) is 13.2 Å². The molecule has 202 valence electrons. The first-order chi connectivity index (χ1) is 18.3. The van der Waals surface area contributed by atoms with Gasteiger partial charge in [-0.15, -0.1) is 10.2 Å². The van der Waals surface area contributed by atoms with Gasteiger partial charge < -0.3 is 14.2 Å². The van der Waals surface area contributed by atoms with Gasteiger partial charge in [0, 0.05) is 36.9 Å². The Bertz CT molecular complexity index is 1370. The average Bonchev–Trinajstić information content (AvgIpc) is 3.46. The Morgan fingerprint density at radius 2 is 1.82 bits per heavy atom. The van der Waals surface area contributed by atoms with Crippen LogP contribution in [0.5, 0.6) is 0 Å². The van der Waals surface area contributed by atoms with Gasteiger partial charge in [0.25, 0.3) is 0 Å². The lowest BCUT2D eigenvalue weighted by atomic mass is 9.91. The van der Waals surface area contributed by atoms with Crippen LogP contribution < -0.4 is 4.90 Å². The number of esters is 1. The zero-order valence-corrected chi connectivity index (χ0v) is 22.3. The van der Waals surface area contributed by atoms with Gasteiger partial charge in [0.1, 0.15) is 23.7 Å². The predicted molar refractivity (Wildman–Crippen MR) is 140 cm³/mol. The number of rotatable bonds is 6. The largest absolute Gasteiger partial charge is 0.469 e. The lowest BCUT2D eigenvalue weighted by molar-refractivity contribution is -0.147. The average molecular weight is 542 g/mol. The fourth-order valence-corrected chi connectivity index (χ4v) is 7.86. The maximum Gasteiger partial charge on any atom is 0.312 e. The maximum absolute atomic E-state index is 15.4. The fraction of sp³-hybridized carbons (Fsp3) is 0.444. The first kappa shape index (κ1) is 26.3. The molecule has 4 unspecified atom stereocenters. The van der Waals surface area contributed by atoms with E-state index in [2.05, 4.69) is 10.2 Å². The molecule has 2 fully saturated rings. The number of piperidine rings is 1. The van der Waals surface area contributed by atoms with Gasteiger partial charge in [0.2, 0.25) is 10.0 Å². The summed E-state index contributed by atoms with van der Waals surface area (Å²) in [6, 6.07) is 13.7. The summed E-state index contributed by atoms with van der Waals surface area (Å²) in [5, 5.41) is 7.07. The quantitative estimate of drug-likeness (QED) is 0.439. The Labute approximate surface area is 222 Å². The van der Waals surface area contributed by atoms with Gasteiger partial charge in [-0.3, -0.25) is 4.79 Å². The second-order valence-electron chi connectivity index (χ2n) is 10.0. The number of anilines is 1. The fourth-order valence-electron chi connectivity index (χ4n) is 5.67. The highest BCUT2D eigenvalue weighted by molar-refractivity contribution is 7.89. The zero-order valence-electron chi connectivity index (χ0n) is 21.5. The SMILES string of the molecule is COC(=O)C1CN(c2ccc(CN3C(C)CCC(c4ccccc4)S3(=O)=O)c(F)c2)CCC1n1cnnc1. The number of carbonyl (C=O) groups is 1. The molecule has 3 heterocycles. The third-order valence-corrected chi connectivity index (χ3v) is 10.2. The molecule has 0 saturated carbocycles. The molecule has 9 nitrogen and oxygen atoms in total. The van der Waals surface area contributed by atoms with Crippen molar-refractivity contribution in [2.45, 2.75) is 50.1 Å². The minimum absolute atomic E-state index is 0.0283. The van der Waals surface area contributed by atoms with Crippen molar-refractivity contribution in [3.63, 3.8) is 0 Å². The summed E-state index contributed by atoms with van der Waals surface area (Å²) in [5.41, 5.74) is 1.72. The number of benzene rings is 2. The topological polar surface area (TPSA) is 97.6 Å². The van der Waals surface area contributed by atoms with E-state index in [-0.39, 0.29) is 24.6 Å². The molecule has 0 bridgehead atoms. The number of nitrogens with zero attached hydrogens (tertiary/aromatic N) is 5. The first-order valence-corrected chi connectivity index (χ1v) is 14.3. The van der Waals surface area contributed by atoms with E-state index >= 15 is 4.39 Å². The highest BCUT2D eigenvalue weighted by Gasteiger charge is 2.41. The van der Waals surface area contributed by atoms with Crippen molar-refractivity contribution in [2.24, 2.45) is 5.92 Å². The summed E-state index contributed by atoms with van der Waals surface area (Å²) in [7, 11) is -2.31. The molecule has 38 heavy (non-hydrogen) atoms. The van der Waals surface area contributed by atoms with Crippen molar-refractivity contribution in [3.8, 4) is 0 Å². The van der Waals surface area contributed by atoms with E-state index < -0.39 is 27.0 Å². The second-order valence-corrected chi connectivity index (χ2v) is 12.1. The molecule has 0 spiro atoms. The first-order valence-electron chi connectivity index (χ1n) is 12.8. The third-order valence-electron chi connectivity index (χ3n) is 7.82. The van der Waals surface area contributed by atoms with Crippen molar-refractivity contribution in [1.29, 1.82) is 0 Å². The molecular weight excluding hydrogens is 509 g/mol. The van der Waals surface area contributed by atoms with Gasteiger partial charge in [0.15, 0.2) is 0 Å². The van der Waals surface area contributed by atoms with E-state index in [0.29, 0.717) is 43.6 Å². The molecule has 2 aliphatic rings. The molecule has 2 saturated heterocycles. The molecule has 1 aromatic heterocycles. The van der Waals surface area contributed by atoms with Crippen LogP contribution in [-0.2, 0) is 26.1 Å². The van der Waals surface area contributed by atoms with E-state index in [1.54, 1.807) is 24.8 Å². The number of aromatic nitrogens is 3. The summed E-state index contributed by atoms with van der Waals surface area (Å²) in [5.74, 6) is -1.29. The van der Waals surface area contributed by atoms with Crippen molar-refractivity contribution >= 4 is 21.7 Å². The van der Waals surface area contributed by atoms with Crippen molar-refractivity contribution in [3.05, 3.63) is 78.1 Å². The molecule has 2 aliphatic heterocycles. The number of halogens is 1.